The number of ether oxygens (including phenoxy) is 3. The van der Waals surface area contributed by atoms with E-state index in [1.54, 1.807) is 36.4 Å². The van der Waals surface area contributed by atoms with Gasteiger partial charge in [-0.15, -0.1) is 0 Å². The van der Waals surface area contributed by atoms with E-state index in [4.69, 9.17) is 14.2 Å². The molecule has 2 aromatic rings. The van der Waals surface area contributed by atoms with E-state index in [0.717, 1.165) is 0 Å². The lowest BCUT2D eigenvalue weighted by Crippen LogP contribution is -2.60. The molecule has 0 saturated carbocycles. The second-order valence-corrected chi connectivity index (χ2v) is 6.52. The molecule has 5 atom stereocenters. The average molecular weight is 406 g/mol. The minimum absolute atomic E-state index is 0.0137. The first-order chi connectivity index (χ1) is 13.9. The van der Waals surface area contributed by atoms with Crippen molar-refractivity contribution in [2.45, 2.75) is 37.3 Å². The highest BCUT2D eigenvalue weighted by Gasteiger charge is 2.44. The Balaban J connectivity index is 1.70. The minimum atomic E-state index is -1.57. The van der Waals surface area contributed by atoms with Crippen LogP contribution in [0.15, 0.2) is 48.5 Å². The van der Waals surface area contributed by atoms with Crippen molar-refractivity contribution in [3.8, 4) is 11.5 Å². The number of hydrogen-bond donors (Lipinski definition) is 5. The van der Waals surface area contributed by atoms with E-state index < -0.39 is 43.3 Å². The summed E-state index contributed by atoms with van der Waals surface area (Å²) in [5.41, 5.74) is 0.452. The highest BCUT2D eigenvalue weighted by Crippen LogP contribution is 2.27. The lowest BCUT2D eigenvalue weighted by atomic mass is 9.99. The smallest absolute Gasteiger partial charge is 0.342 e. The molecule has 0 aliphatic carbocycles. The molecule has 3 rings (SSSR count). The number of benzene rings is 2. The van der Waals surface area contributed by atoms with Crippen LogP contribution in [-0.4, -0.2) is 68.8 Å². The third-order valence-corrected chi connectivity index (χ3v) is 4.55. The fourth-order valence-corrected chi connectivity index (χ4v) is 2.90. The zero-order chi connectivity index (χ0) is 21.0. The highest BCUT2D eigenvalue weighted by molar-refractivity contribution is 5.92. The molecule has 2 aromatic carbocycles. The third kappa shape index (κ3) is 4.66. The van der Waals surface area contributed by atoms with Gasteiger partial charge in [-0.2, -0.15) is 0 Å². The Morgan fingerprint density at radius 2 is 1.66 bits per heavy atom. The number of aromatic hydroxyl groups is 1. The van der Waals surface area contributed by atoms with Gasteiger partial charge in [0.25, 0.3) is 0 Å². The Hall–Kier alpha value is -2.69. The van der Waals surface area contributed by atoms with Crippen molar-refractivity contribution in [2.75, 3.05) is 6.61 Å². The van der Waals surface area contributed by atoms with Gasteiger partial charge in [-0.1, -0.05) is 30.3 Å². The first kappa shape index (κ1) is 21.0. The summed E-state index contributed by atoms with van der Waals surface area (Å²) < 4.78 is 16.2. The molecule has 0 unspecified atom stereocenters. The van der Waals surface area contributed by atoms with Gasteiger partial charge in [-0.05, 0) is 18.2 Å². The van der Waals surface area contributed by atoms with E-state index in [1.807, 2.05) is 0 Å². The van der Waals surface area contributed by atoms with Crippen LogP contribution in [0.5, 0.6) is 11.5 Å². The van der Waals surface area contributed by atoms with Crippen LogP contribution in [0.4, 0.5) is 0 Å². The number of carbonyl (C=O) groups excluding carboxylic acids is 1. The van der Waals surface area contributed by atoms with Gasteiger partial charge in [0, 0.05) is 5.56 Å². The Morgan fingerprint density at radius 3 is 2.38 bits per heavy atom. The number of esters is 1. The van der Waals surface area contributed by atoms with Gasteiger partial charge in [0.1, 0.15) is 48.1 Å². The molecule has 29 heavy (non-hydrogen) atoms. The average Bonchev–Trinajstić information content (AvgIpc) is 2.73. The predicted octanol–water partition coefficient (Wildman–Crippen LogP) is -0.0721. The molecule has 0 aromatic heterocycles. The van der Waals surface area contributed by atoms with Crippen molar-refractivity contribution in [3.63, 3.8) is 0 Å². The number of phenolic OH excluding ortho intramolecular Hbond substituents is 1. The van der Waals surface area contributed by atoms with E-state index in [1.165, 1.54) is 12.1 Å². The summed E-state index contributed by atoms with van der Waals surface area (Å²) in [5, 5.41) is 48.8. The van der Waals surface area contributed by atoms with E-state index in [-0.39, 0.29) is 23.7 Å². The molecular formula is C20H22O9. The molecule has 5 N–H and O–H groups in total. The zero-order valence-electron chi connectivity index (χ0n) is 15.3. The fraction of sp³-hybridized carbons (Fsp3) is 0.350. The van der Waals surface area contributed by atoms with E-state index in [2.05, 4.69) is 0 Å². The maximum absolute atomic E-state index is 12.2. The van der Waals surface area contributed by atoms with Crippen LogP contribution in [0, 0.1) is 0 Å². The van der Waals surface area contributed by atoms with Crippen LogP contribution in [0.25, 0.3) is 0 Å². The monoisotopic (exact) mass is 406 g/mol. The molecule has 0 radical (unpaired) electrons. The number of aliphatic hydroxyl groups is 4. The van der Waals surface area contributed by atoms with Crippen molar-refractivity contribution in [2.24, 2.45) is 0 Å². The lowest BCUT2D eigenvalue weighted by Gasteiger charge is -2.39. The van der Waals surface area contributed by atoms with Crippen molar-refractivity contribution in [1.29, 1.82) is 0 Å². The number of carbonyl (C=O) groups is 1. The highest BCUT2D eigenvalue weighted by atomic mass is 16.7. The fourth-order valence-electron chi connectivity index (χ4n) is 2.90. The van der Waals surface area contributed by atoms with E-state index >= 15 is 0 Å². The number of hydrogen-bond acceptors (Lipinski definition) is 9. The van der Waals surface area contributed by atoms with Gasteiger partial charge in [0.05, 0.1) is 6.61 Å². The molecule has 1 fully saturated rings. The summed E-state index contributed by atoms with van der Waals surface area (Å²) >= 11 is 0. The first-order valence-corrected chi connectivity index (χ1v) is 8.92. The second kappa shape index (κ2) is 9.21. The van der Waals surface area contributed by atoms with Crippen LogP contribution < -0.4 is 4.74 Å². The maximum atomic E-state index is 12.2. The molecule has 1 aliphatic rings. The normalized spacial score (nSPS) is 26.7. The quantitative estimate of drug-likeness (QED) is 0.416. The molecule has 1 heterocycles. The van der Waals surface area contributed by atoms with Crippen molar-refractivity contribution in [1.82, 2.24) is 0 Å². The van der Waals surface area contributed by atoms with Crippen molar-refractivity contribution < 1.29 is 44.5 Å². The lowest BCUT2D eigenvalue weighted by molar-refractivity contribution is -0.277. The maximum Gasteiger partial charge on any atom is 0.342 e. The third-order valence-electron chi connectivity index (χ3n) is 4.55. The summed E-state index contributed by atoms with van der Waals surface area (Å²) in [6, 6.07) is 12.5. The Kier molecular flexibility index (Phi) is 6.68. The van der Waals surface area contributed by atoms with E-state index in [9.17, 15) is 30.3 Å². The Morgan fingerprint density at radius 1 is 0.966 bits per heavy atom. The van der Waals surface area contributed by atoms with Crippen LogP contribution in [0.3, 0.4) is 0 Å². The van der Waals surface area contributed by atoms with Crippen LogP contribution >= 0.6 is 0 Å². The summed E-state index contributed by atoms with van der Waals surface area (Å²) in [4.78, 5) is 12.2. The second-order valence-electron chi connectivity index (χ2n) is 6.52. The molecular weight excluding hydrogens is 384 g/mol. The van der Waals surface area contributed by atoms with Gasteiger partial charge < -0.3 is 39.7 Å². The zero-order valence-corrected chi connectivity index (χ0v) is 15.3. The summed E-state index contributed by atoms with van der Waals surface area (Å²) in [6.45, 7) is -0.772. The number of aliphatic hydroxyl groups excluding tert-OH is 4. The summed E-state index contributed by atoms with van der Waals surface area (Å²) in [7, 11) is 0. The van der Waals surface area contributed by atoms with E-state index in [0.29, 0.717) is 5.56 Å². The molecule has 9 heteroatoms. The van der Waals surface area contributed by atoms with Gasteiger partial charge in [0.15, 0.2) is 0 Å². The van der Waals surface area contributed by atoms with Gasteiger partial charge in [-0.3, -0.25) is 0 Å². The Bertz CT molecular complexity index is 838. The molecule has 156 valence electrons. The number of phenols is 1. The van der Waals surface area contributed by atoms with Crippen molar-refractivity contribution in [3.05, 3.63) is 59.7 Å². The van der Waals surface area contributed by atoms with Crippen LogP contribution in [0.2, 0.25) is 0 Å². The minimum Gasteiger partial charge on any atom is -0.507 e. The van der Waals surface area contributed by atoms with Gasteiger partial charge in [0.2, 0.25) is 6.29 Å². The first-order valence-electron chi connectivity index (χ1n) is 8.92. The van der Waals surface area contributed by atoms with Crippen LogP contribution in [0.1, 0.15) is 15.9 Å². The molecule has 1 aliphatic heterocycles. The molecule has 9 nitrogen and oxygen atoms in total. The van der Waals surface area contributed by atoms with Gasteiger partial charge >= 0.3 is 5.97 Å². The summed E-state index contributed by atoms with van der Waals surface area (Å²) in [5.74, 6) is -0.726. The van der Waals surface area contributed by atoms with Crippen molar-refractivity contribution >= 4 is 5.97 Å². The molecule has 0 spiro atoms. The number of para-hydroxylation sites is 2. The van der Waals surface area contributed by atoms with Crippen LogP contribution in [-0.2, 0) is 16.1 Å². The predicted molar refractivity (Wildman–Crippen MR) is 98.1 cm³/mol. The molecule has 0 bridgehead atoms. The largest absolute Gasteiger partial charge is 0.507 e. The van der Waals surface area contributed by atoms with Gasteiger partial charge in [-0.25, -0.2) is 4.79 Å². The number of rotatable bonds is 6. The summed E-state index contributed by atoms with van der Waals surface area (Å²) in [6.07, 6.45) is -7.10. The standard InChI is InChI=1S/C20H22O9/c21-9-15-16(23)17(24)18(25)20(29-15)28-14-8-4-1-5-11(14)10-27-19(26)12-6-2-3-7-13(12)22/h1-8,15-18,20-25H,9-10H2/t15-,16-,17+,18-,20-/m1/s1. The Labute approximate surface area is 166 Å². The topological polar surface area (TPSA) is 146 Å². The molecule has 0 amide bonds. The SMILES string of the molecule is O=C(OCc1ccccc1O[C@@H]1O[C@H](CO)[C@@H](O)[C@H](O)[C@H]1O)c1ccccc1O. The molecule has 1 saturated heterocycles.